The van der Waals surface area contributed by atoms with Gasteiger partial charge in [0.05, 0.1) is 0 Å². The second kappa shape index (κ2) is 16.6. The van der Waals surface area contributed by atoms with Gasteiger partial charge in [-0.25, -0.2) is 0 Å². The first kappa shape index (κ1) is 17.3. The number of aromatic nitrogens is 1. The van der Waals surface area contributed by atoms with Gasteiger partial charge in [-0.05, 0) is 12.1 Å². The van der Waals surface area contributed by atoms with Crippen LogP contribution in [0, 0.1) is 0 Å². The second-order valence-corrected chi connectivity index (χ2v) is 1.15. The Morgan fingerprint density at radius 1 is 1.18 bits per heavy atom. The average molecular weight is 165 g/mol. The molecule has 6 heteroatoms. The summed E-state index contributed by atoms with van der Waals surface area (Å²) < 4.78 is 0. The summed E-state index contributed by atoms with van der Waals surface area (Å²) in [6.07, 6.45) is 3.50. The van der Waals surface area contributed by atoms with Crippen molar-refractivity contribution in [3.8, 4) is 0 Å². The van der Waals surface area contributed by atoms with Crippen LogP contribution in [0.1, 0.15) is 0 Å². The van der Waals surface area contributed by atoms with Crippen molar-refractivity contribution >= 4 is 7.69 Å². The third-order valence-electron chi connectivity index (χ3n) is 0.566. The summed E-state index contributed by atoms with van der Waals surface area (Å²) in [6, 6.07) is 5.72. The predicted molar refractivity (Wildman–Crippen MR) is 37.2 cm³/mol. The van der Waals surface area contributed by atoms with Crippen molar-refractivity contribution < 1.29 is 45.1 Å². The van der Waals surface area contributed by atoms with Crippen LogP contribution in [0.2, 0.25) is 0 Å². The third-order valence-corrected chi connectivity index (χ3v) is 0.566. The van der Waals surface area contributed by atoms with Gasteiger partial charge in [-0.15, -0.1) is 0 Å². The molecule has 0 saturated carbocycles. The van der Waals surface area contributed by atoms with Crippen LogP contribution in [-0.2, 0) is 0 Å². The zero-order valence-corrected chi connectivity index (χ0v) is 8.40. The molecule has 1 heterocycles. The van der Waals surface area contributed by atoms with Crippen molar-refractivity contribution in [1.82, 2.24) is 4.98 Å². The Labute approximate surface area is 88.2 Å². The maximum absolute atomic E-state index is 8.49. The van der Waals surface area contributed by atoms with Crippen molar-refractivity contribution in [3.05, 3.63) is 30.6 Å². The summed E-state index contributed by atoms with van der Waals surface area (Å²) in [5.41, 5.74) is 0. The van der Waals surface area contributed by atoms with Crippen molar-refractivity contribution in [2.75, 3.05) is 0 Å². The minimum Gasteiger partial charge on any atom is -0.859 e. The molecule has 1 aromatic heterocycles. The molecule has 56 valence electrons. The van der Waals surface area contributed by atoms with Gasteiger partial charge in [0.25, 0.3) is 0 Å². The number of hydrogen-bond donors (Lipinski definition) is 1. The molecule has 0 saturated heterocycles. The zero-order valence-electron chi connectivity index (χ0n) is 6.40. The molecule has 1 aromatic rings. The van der Waals surface area contributed by atoms with Gasteiger partial charge in [0.1, 0.15) is 0 Å². The minimum atomic E-state index is -1.00. The molecule has 11 heavy (non-hydrogen) atoms. The first-order chi connectivity index (χ1) is 4.41. The Morgan fingerprint density at radius 3 is 1.64 bits per heavy atom. The molecule has 0 aromatic carbocycles. The quantitative estimate of drug-likeness (QED) is 0.390. The molecule has 0 fully saturated rings. The predicted octanol–water partition coefficient (Wildman–Crippen LogP) is -5.13. The molecule has 0 unspecified atom stereocenters. The molecular formula is C5H9BNNaO3. The summed E-state index contributed by atoms with van der Waals surface area (Å²) in [5, 5.41) is 15.5. The van der Waals surface area contributed by atoms with E-state index in [1.807, 2.05) is 18.2 Å². The van der Waals surface area contributed by atoms with Crippen LogP contribution in [-0.4, -0.2) is 23.2 Å². The van der Waals surface area contributed by atoms with Gasteiger partial charge in [0.2, 0.25) is 0 Å². The standard InChI is InChI=1S/C5H5N.BH2O2.Na.H2O/c1-2-4-6-5-3-1;2-1-3;;/h1-5H;1-2H;;1H2/q;-1;+1;. The van der Waals surface area contributed by atoms with Crippen LogP contribution in [0.5, 0.6) is 0 Å². The topological polar surface area (TPSA) is 87.7 Å². The van der Waals surface area contributed by atoms with Gasteiger partial charge in [-0.3, -0.25) is 4.98 Å². The van der Waals surface area contributed by atoms with Gasteiger partial charge in [0.15, 0.2) is 7.69 Å². The number of nitrogens with zero attached hydrogens (tertiary/aromatic N) is 1. The van der Waals surface area contributed by atoms with Crippen LogP contribution < -0.4 is 34.6 Å². The molecular weight excluding hydrogens is 156 g/mol. The normalized spacial score (nSPS) is 5.64. The summed E-state index contributed by atoms with van der Waals surface area (Å²) >= 11 is 0. The Kier molecular flexibility index (Phi) is 26.0. The molecule has 0 aliphatic carbocycles. The van der Waals surface area contributed by atoms with Crippen molar-refractivity contribution in [2.24, 2.45) is 0 Å². The average Bonchev–Trinajstić information content (AvgIpc) is 1.93. The molecule has 0 aliphatic heterocycles. The first-order valence-electron chi connectivity index (χ1n) is 2.45. The molecule has 0 aliphatic rings. The molecule has 0 amide bonds. The van der Waals surface area contributed by atoms with E-state index in [0.717, 1.165) is 0 Å². The summed E-state index contributed by atoms with van der Waals surface area (Å²) in [6.45, 7) is 0. The second-order valence-electron chi connectivity index (χ2n) is 1.15. The Hall–Kier alpha value is 0.0949. The van der Waals surface area contributed by atoms with E-state index in [0.29, 0.717) is 0 Å². The minimum absolute atomic E-state index is 0. The van der Waals surface area contributed by atoms with Gasteiger partial charge in [0, 0.05) is 12.4 Å². The van der Waals surface area contributed by atoms with Crippen molar-refractivity contribution in [3.63, 3.8) is 0 Å². The molecule has 1 rings (SSSR count). The fraction of sp³-hybridized carbons (Fsp3) is 0. The van der Waals surface area contributed by atoms with Crippen LogP contribution in [0.3, 0.4) is 0 Å². The Bertz CT molecular complexity index is 105. The van der Waals surface area contributed by atoms with Gasteiger partial charge >= 0.3 is 29.6 Å². The fourth-order valence-corrected chi connectivity index (χ4v) is 0.313. The molecule has 0 atom stereocenters. The van der Waals surface area contributed by atoms with Crippen LogP contribution >= 0.6 is 0 Å². The number of rotatable bonds is 0. The van der Waals surface area contributed by atoms with E-state index in [-0.39, 0.29) is 35.0 Å². The molecule has 4 nitrogen and oxygen atoms in total. The van der Waals surface area contributed by atoms with E-state index in [4.69, 9.17) is 10.0 Å². The van der Waals surface area contributed by atoms with Crippen LogP contribution in [0.4, 0.5) is 0 Å². The Morgan fingerprint density at radius 2 is 1.55 bits per heavy atom. The van der Waals surface area contributed by atoms with Crippen molar-refractivity contribution in [2.45, 2.75) is 0 Å². The summed E-state index contributed by atoms with van der Waals surface area (Å²) in [5.74, 6) is 0. The summed E-state index contributed by atoms with van der Waals surface area (Å²) in [7, 11) is -1.00. The summed E-state index contributed by atoms with van der Waals surface area (Å²) in [4.78, 5) is 3.78. The van der Waals surface area contributed by atoms with Crippen molar-refractivity contribution in [1.29, 1.82) is 0 Å². The number of hydrogen-bond acceptors (Lipinski definition) is 3. The van der Waals surface area contributed by atoms with E-state index in [2.05, 4.69) is 4.98 Å². The molecule has 0 radical (unpaired) electrons. The van der Waals surface area contributed by atoms with E-state index < -0.39 is 7.69 Å². The smallest absolute Gasteiger partial charge is 0.859 e. The van der Waals surface area contributed by atoms with E-state index in [1.165, 1.54) is 0 Å². The van der Waals surface area contributed by atoms with E-state index >= 15 is 0 Å². The van der Waals surface area contributed by atoms with E-state index in [1.54, 1.807) is 12.4 Å². The molecule has 0 spiro atoms. The molecule has 3 N–H and O–H groups in total. The first-order valence-corrected chi connectivity index (χ1v) is 2.45. The maximum atomic E-state index is 8.49. The Balaban J connectivity index is -0.000000116. The number of pyridine rings is 1. The maximum Gasteiger partial charge on any atom is 1.00 e. The van der Waals surface area contributed by atoms with E-state index in [9.17, 15) is 0 Å². The monoisotopic (exact) mass is 165 g/mol. The fourth-order valence-electron chi connectivity index (χ4n) is 0.313. The SMILES string of the molecule is O.[Na+].[O-]BO.c1ccncc1. The van der Waals surface area contributed by atoms with Gasteiger partial charge in [-0.1, -0.05) is 6.07 Å². The van der Waals surface area contributed by atoms with Gasteiger partial charge in [-0.2, -0.15) is 0 Å². The third kappa shape index (κ3) is 17.8. The molecule has 0 bridgehead atoms. The zero-order chi connectivity index (χ0) is 6.95. The van der Waals surface area contributed by atoms with Gasteiger partial charge < -0.3 is 15.5 Å². The van der Waals surface area contributed by atoms with Crippen LogP contribution in [0.15, 0.2) is 30.6 Å². The van der Waals surface area contributed by atoms with Crippen LogP contribution in [0.25, 0.3) is 0 Å². The largest absolute Gasteiger partial charge is 1.00 e.